The van der Waals surface area contributed by atoms with E-state index in [-0.39, 0.29) is 5.92 Å². The molecular formula is C49H41N3. The molecule has 0 radical (unpaired) electrons. The van der Waals surface area contributed by atoms with Crippen LogP contribution in [-0.4, -0.2) is 9.13 Å². The van der Waals surface area contributed by atoms with Crippen LogP contribution in [0.2, 0.25) is 0 Å². The maximum Gasteiger partial charge on any atom is 0.0544 e. The van der Waals surface area contributed by atoms with Crippen molar-refractivity contribution < 1.29 is 0 Å². The van der Waals surface area contributed by atoms with Crippen molar-refractivity contribution in [3.05, 3.63) is 192 Å². The van der Waals surface area contributed by atoms with Gasteiger partial charge in [0.2, 0.25) is 0 Å². The van der Waals surface area contributed by atoms with Crippen LogP contribution in [0.3, 0.4) is 0 Å². The lowest BCUT2D eigenvalue weighted by Gasteiger charge is -2.32. The molecule has 10 rings (SSSR count). The summed E-state index contributed by atoms with van der Waals surface area (Å²) < 4.78 is 4.89. The predicted octanol–water partition coefficient (Wildman–Crippen LogP) is 12.6. The van der Waals surface area contributed by atoms with Crippen LogP contribution in [0.25, 0.3) is 50.2 Å². The van der Waals surface area contributed by atoms with Crippen molar-refractivity contribution in [2.45, 2.75) is 38.5 Å². The highest BCUT2D eigenvalue weighted by atomic mass is 15.2. The molecular weight excluding hydrogens is 631 g/mol. The zero-order valence-corrected chi connectivity index (χ0v) is 29.5. The number of fused-ring (bicyclic) bond motifs is 6. The third-order valence-corrected chi connectivity index (χ3v) is 11.2. The largest absolute Gasteiger partial charge is 0.315 e. The minimum absolute atomic E-state index is 0.262. The quantitative estimate of drug-likeness (QED) is 0.171. The summed E-state index contributed by atoms with van der Waals surface area (Å²) in [5, 5.41) is 3.99. The molecule has 3 nitrogen and oxygen atoms in total. The number of hydrogen-bond donors (Lipinski definition) is 0. The molecule has 0 amide bonds. The summed E-state index contributed by atoms with van der Waals surface area (Å²) >= 11 is 0. The maximum atomic E-state index is 2.46. The lowest BCUT2D eigenvalue weighted by molar-refractivity contribution is 0.691. The Morgan fingerprint density at radius 2 is 1.35 bits per heavy atom. The molecule has 0 saturated carbocycles. The highest BCUT2D eigenvalue weighted by Gasteiger charge is 2.26. The first kappa shape index (κ1) is 30.7. The molecule has 5 aromatic carbocycles. The molecule has 2 unspecified atom stereocenters. The van der Waals surface area contributed by atoms with Gasteiger partial charge in [0.1, 0.15) is 0 Å². The SMILES string of the molecule is CC1C=CC=C(N(C2=CCCC=C2)c2ccc(-n3c4ccccc4c4c(C5C=Cc6c(c7ccccc7n6-c6ccccc6)C5)cccc43)cc2)C1. The second-order valence-electron chi connectivity index (χ2n) is 14.5. The number of rotatable bonds is 6. The summed E-state index contributed by atoms with van der Waals surface area (Å²) in [6.07, 6.45) is 22.8. The Balaban J connectivity index is 1.07. The number of nitrogens with zero attached hydrogens (tertiary/aromatic N) is 3. The van der Waals surface area contributed by atoms with Gasteiger partial charge in [-0.2, -0.15) is 0 Å². The normalized spacial score (nSPS) is 18.2. The topological polar surface area (TPSA) is 13.1 Å². The van der Waals surface area contributed by atoms with E-state index >= 15 is 0 Å². The first-order valence-corrected chi connectivity index (χ1v) is 18.8. The van der Waals surface area contributed by atoms with E-state index in [1.807, 2.05) is 0 Å². The molecule has 3 aliphatic carbocycles. The van der Waals surface area contributed by atoms with Crippen LogP contribution < -0.4 is 4.90 Å². The molecule has 3 heteroatoms. The standard InChI is InChI=1S/C49H41N3/c1-34-14-12-19-40(32-34)50(36-15-4-2-5-16-36)38-27-29-39(30-28-38)52-46-24-11-9-21-43(46)49-41(22-13-25-48(49)52)35-26-31-47-44(33-35)42-20-8-10-23-45(42)51(47)37-17-6-3-7-18-37/h3-4,6-31,34-35H,2,5,32-33H2,1H3. The molecule has 2 atom stereocenters. The van der Waals surface area contributed by atoms with Gasteiger partial charge in [-0.3, -0.25) is 0 Å². The Kier molecular flexibility index (Phi) is 7.46. The summed E-state index contributed by atoms with van der Waals surface area (Å²) in [4.78, 5) is 2.46. The van der Waals surface area contributed by atoms with E-state index in [1.165, 1.54) is 78.0 Å². The zero-order valence-electron chi connectivity index (χ0n) is 29.5. The molecule has 0 bridgehead atoms. The number of allylic oxidation sites excluding steroid dienone is 8. The summed E-state index contributed by atoms with van der Waals surface area (Å²) in [6, 6.07) is 44.7. The number of benzene rings is 5. The number of aromatic nitrogens is 2. The third-order valence-electron chi connectivity index (χ3n) is 11.2. The fraction of sp³-hybridized carbons (Fsp3) is 0.143. The molecule has 7 aromatic rings. The summed E-state index contributed by atoms with van der Waals surface area (Å²) in [5.41, 5.74) is 14.1. The van der Waals surface area contributed by atoms with Gasteiger partial charge in [0.05, 0.1) is 16.6 Å². The van der Waals surface area contributed by atoms with E-state index in [0.29, 0.717) is 5.92 Å². The summed E-state index contributed by atoms with van der Waals surface area (Å²) in [5.74, 6) is 0.785. The highest BCUT2D eigenvalue weighted by molar-refractivity contribution is 6.11. The second kappa shape index (κ2) is 12.6. The smallest absolute Gasteiger partial charge is 0.0544 e. The van der Waals surface area contributed by atoms with Crippen LogP contribution in [0.1, 0.15) is 48.9 Å². The third kappa shape index (κ3) is 5.03. The van der Waals surface area contributed by atoms with Crippen molar-refractivity contribution in [1.29, 1.82) is 0 Å². The number of anilines is 1. The average Bonchev–Trinajstić information content (AvgIpc) is 3.72. The molecule has 0 fully saturated rings. The van der Waals surface area contributed by atoms with Gasteiger partial charge < -0.3 is 14.0 Å². The van der Waals surface area contributed by atoms with E-state index in [0.717, 1.165) is 25.7 Å². The van der Waals surface area contributed by atoms with Gasteiger partial charge >= 0.3 is 0 Å². The van der Waals surface area contributed by atoms with Gasteiger partial charge in [0.15, 0.2) is 0 Å². The molecule has 52 heavy (non-hydrogen) atoms. The van der Waals surface area contributed by atoms with E-state index in [9.17, 15) is 0 Å². The summed E-state index contributed by atoms with van der Waals surface area (Å²) in [7, 11) is 0. The number of hydrogen-bond acceptors (Lipinski definition) is 1. The minimum atomic E-state index is 0.262. The molecule has 2 heterocycles. The van der Waals surface area contributed by atoms with Gasteiger partial charge in [0.25, 0.3) is 0 Å². The van der Waals surface area contributed by atoms with E-state index in [2.05, 4.69) is 191 Å². The van der Waals surface area contributed by atoms with Crippen LogP contribution in [0.4, 0.5) is 5.69 Å². The molecule has 0 saturated heterocycles. The Morgan fingerprint density at radius 3 is 2.13 bits per heavy atom. The Hall–Kier alpha value is -6.06. The maximum absolute atomic E-state index is 2.46. The molecule has 0 spiro atoms. The number of para-hydroxylation sites is 3. The lowest BCUT2D eigenvalue weighted by atomic mass is 9.84. The van der Waals surface area contributed by atoms with E-state index < -0.39 is 0 Å². The van der Waals surface area contributed by atoms with Crippen LogP contribution in [0.5, 0.6) is 0 Å². The van der Waals surface area contributed by atoms with Crippen LogP contribution >= 0.6 is 0 Å². The van der Waals surface area contributed by atoms with Crippen molar-refractivity contribution in [2.75, 3.05) is 4.90 Å². The van der Waals surface area contributed by atoms with Crippen LogP contribution in [0.15, 0.2) is 175 Å². The van der Waals surface area contributed by atoms with Gasteiger partial charge in [-0.1, -0.05) is 104 Å². The molecule has 0 aliphatic heterocycles. The lowest BCUT2D eigenvalue weighted by Crippen LogP contribution is -2.23. The molecule has 252 valence electrons. The average molecular weight is 672 g/mol. The predicted molar refractivity (Wildman–Crippen MR) is 219 cm³/mol. The van der Waals surface area contributed by atoms with Crippen LogP contribution in [-0.2, 0) is 6.42 Å². The Labute approximate surface area is 305 Å². The van der Waals surface area contributed by atoms with Gasteiger partial charge in [0, 0.05) is 56.2 Å². The van der Waals surface area contributed by atoms with E-state index in [4.69, 9.17) is 0 Å². The van der Waals surface area contributed by atoms with Gasteiger partial charge in [-0.15, -0.1) is 0 Å². The van der Waals surface area contributed by atoms with Crippen molar-refractivity contribution in [1.82, 2.24) is 9.13 Å². The van der Waals surface area contributed by atoms with E-state index in [1.54, 1.807) is 0 Å². The van der Waals surface area contributed by atoms with Crippen molar-refractivity contribution in [3.8, 4) is 11.4 Å². The van der Waals surface area contributed by atoms with Crippen molar-refractivity contribution in [3.63, 3.8) is 0 Å². The zero-order chi connectivity index (χ0) is 34.6. The monoisotopic (exact) mass is 671 g/mol. The summed E-state index contributed by atoms with van der Waals surface area (Å²) in [6.45, 7) is 2.30. The van der Waals surface area contributed by atoms with Gasteiger partial charge in [-0.25, -0.2) is 0 Å². The Bertz CT molecular complexity index is 2640. The first-order chi connectivity index (χ1) is 25.7. The highest BCUT2D eigenvalue weighted by Crippen LogP contribution is 2.43. The molecule has 3 aliphatic rings. The molecule has 0 N–H and O–H groups in total. The van der Waals surface area contributed by atoms with Crippen LogP contribution in [0, 0.1) is 5.92 Å². The van der Waals surface area contributed by atoms with Crippen molar-refractivity contribution >= 4 is 44.5 Å². The Morgan fingerprint density at radius 1 is 0.615 bits per heavy atom. The van der Waals surface area contributed by atoms with Crippen molar-refractivity contribution in [2.24, 2.45) is 5.92 Å². The second-order valence-corrected chi connectivity index (χ2v) is 14.5. The first-order valence-electron chi connectivity index (χ1n) is 18.8. The van der Waals surface area contributed by atoms with Gasteiger partial charge in [-0.05, 0) is 116 Å². The fourth-order valence-corrected chi connectivity index (χ4v) is 8.90. The fourth-order valence-electron chi connectivity index (χ4n) is 8.90. The minimum Gasteiger partial charge on any atom is -0.315 e. The molecule has 2 aromatic heterocycles.